The maximum absolute atomic E-state index is 11.9. The van der Waals surface area contributed by atoms with E-state index in [-0.39, 0.29) is 0 Å². The number of amides is 1. The third-order valence-corrected chi connectivity index (χ3v) is 4.72. The van der Waals surface area contributed by atoms with Crippen LogP contribution in [0.15, 0.2) is 24.3 Å². The first-order valence-corrected chi connectivity index (χ1v) is 7.87. The van der Waals surface area contributed by atoms with Crippen LogP contribution in [-0.4, -0.2) is 18.0 Å². The lowest BCUT2D eigenvalue weighted by Crippen LogP contribution is -2.19. The Kier molecular flexibility index (Phi) is 4.01. The van der Waals surface area contributed by atoms with Gasteiger partial charge in [0.05, 0.1) is 23.9 Å². The zero-order chi connectivity index (χ0) is 15.7. The number of nitrogens with two attached hydrogens (primary N) is 1. The van der Waals surface area contributed by atoms with E-state index >= 15 is 0 Å². The molecule has 0 unspecified atom stereocenters. The molecule has 0 radical (unpaired) electrons. The minimum Gasteiger partial charge on any atom is -0.497 e. The van der Waals surface area contributed by atoms with Crippen LogP contribution < -0.4 is 10.5 Å². The summed E-state index contributed by atoms with van der Waals surface area (Å²) in [4.78, 5) is 16.6. The lowest BCUT2D eigenvalue weighted by molar-refractivity contribution is 0.0998. The van der Waals surface area contributed by atoms with Crippen molar-refractivity contribution in [3.8, 4) is 5.75 Å². The zero-order valence-electron chi connectivity index (χ0n) is 13.1. The van der Waals surface area contributed by atoms with Crippen molar-refractivity contribution in [2.24, 2.45) is 11.7 Å². The van der Waals surface area contributed by atoms with Crippen LogP contribution >= 0.6 is 0 Å². The molecule has 2 N–H and O–H groups in total. The number of rotatable bonds is 3. The van der Waals surface area contributed by atoms with Gasteiger partial charge >= 0.3 is 0 Å². The van der Waals surface area contributed by atoms with Gasteiger partial charge in [0.1, 0.15) is 5.75 Å². The van der Waals surface area contributed by atoms with E-state index in [1.54, 1.807) is 7.11 Å². The number of primary amides is 1. The maximum atomic E-state index is 11.9. The molecule has 116 valence electrons. The number of pyridine rings is 1. The number of benzene rings is 1. The molecule has 0 aliphatic heterocycles. The van der Waals surface area contributed by atoms with Gasteiger partial charge in [-0.15, -0.1) is 0 Å². The molecule has 0 saturated heterocycles. The van der Waals surface area contributed by atoms with Crippen molar-refractivity contribution in [3.63, 3.8) is 0 Å². The molecule has 0 bridgehead atoms. The Morgan fingerprint density at radius 3 is 2.59 bits per heavy atom. The standard InChI is InChI=1S/C18H22N2O2/c1-11-3-5-12(6-4-11)17-15(18(19)21)10-13-9-14(22-2)7-8-16(13)20-17/h7-12H,3-6H2,1-2H3,(H2,19,21). The van der Waals surface area contributed by atoms with Gasteiger partial charge in [0.25, 0.3) is 5.91 Å². The highest BCUT2D eigenvalue weighted by Crippen LogP contribution is 2.37. The largest absolute Gasteiger partial charge is 0.497 e. The fraction of sp³-hybridized carbons (Fsp3) is 0.444. The quantitative estimate of drug-likeness (QED) is 0.941. The third-order valence-electron chi connectivity index (χ3n) is 4.72. The van der Waals surface area contributed by atoms with Crippen LogP contribution in [0.5, 0.6) is 5.75 Å². The number of nitrogens with zero attached hydrogens (tertiary/aromatic N) is 1. The van der Waals surface area contributed by atoms with Crippen molar-refractivity contribution < 1.29 is 9.53 Å². The SMILES string of the molecule is COc1ccc2nc(C3CCC(C)CC3)c(C(N)=O)cc2c1. The number of hydrogen-bond acceptors (Lipinski definition) is 3. The summed E-state index contributed by atoms with van der Waals surface area (Å²) in [6.45, 7) is 2.28. The average molecular weight is 298 g/mol. The first kappa shape index (κ1) is 14.8. The van der Waals surface area contributed by atoms with Crippen LogP contribution in [-0.2, 0) is 0 Å². The van der Waals surface area contributed by atoms with Crippen LogP contribution in [0.3, 0.4) is 0 Å². The van der Waals surface area contributed by atoms with E-state index in [0.717, 1.165) is 41.1 Å². The number of hydrogen-bond donors (Lipinski definition) is 1. The highest BCUT2D eigenvalue weighted by molar-refractivity contribution is 5.98. The van der Waals surface area contributed by atoms with Crippen LogP contribution in [0.2, 0.25) is 0 Å². The number of aromatic nitrogens is 1. The van der Waals surface area contributed by atoms with Crippen LogP contribution in [0.4, 0.5) is 0 Å². The molecule has 1 aromatic carbocycles. The van der Waals surface area contributed by atoms with E-state index in [9.17, 15) is 4.79 Å². The van der Waals surface area contributed by atoms with Gasteiger partial charge in [0.2, 0.25) is 0 Å². The molecular formula is C18H22N2O2. The van der Waals surface area contributed by atoms with Crippen molar-refractivity contribution in [1.29, 1.82) is 0 Å². The Morgan fingerprint density at radius 1 is 1.23 bits per heavy atom. The van der Waals surface area contributed by atoms with Gasteiger partial charge < -0.3 is 10.5 Å². The predicted octanol–water partition coefficient (Wildman–Crippen LogP) is 3.64. The zero-order valence-corrected chi connectivity index (χ0v) is 13.1. The van der Waals surface area contributed by atoms with E-state index in [1.807, 2.05) is 24.3 Å². The molecular weight excluding hydrogens is 276 g/mol. The molecule has 1 aliphatic rings. The predicted molar refractivity (Wildman–Crippen MR) is 87.2 cm³/mol. The van der Waals surface area contributed by atoms with Crippen LogP contribution in [0.25, 0.3) is 10.9 Å². The molecule has 1 heterocycles. The third kappa shape index (κ3) is 2.78. The first-order valence-electron chi connectivity index (χ1n) is 7.87. The molecule has 0 atom stereocenters. The van der Waals surface area contributed by atoms with Crippen molar-refractivity contribution in [3.05, 3.63) is 35.5 Å². The van der Waals surface area contributed by atoms with Crippen molar-refractivity contribution in [1.82, 2.24) is 4.98 Å². The Balaban J connectivity index is 2.08. The number of carbonyl (C=O) groups excluding carboxylic acids is 1. The summed E-state index contributed by atoms with van der Waals surface area (Å²) in [6, 6.07) is 7.59. The smallest absolute Gasteiger partial charge is 0.250 e. The van der Waals surface area contributed by atoms with Crippen LogP contribution in [0, 0.1) is 5.92 Å². The second-order valence-corrected chi connectivity index (χ2v) is 6.30. The summed E-state index contributed by atoms with van der Waals surface area (Å²) in [7, 11) is 1.63. The summed E-state index contributed by atoms with van der Waals surface area (Å²) in [6.07, 6.45) is 4.53. The monoisotopic (exact) mass is 298 g/mol. The van der Waals surface area contributed by atoms with Gasteiger partial charge in [-0.1, -0.05) is 19.8 Å². The highest BCUT2D eigenvalue weighted by Gasteiger charge is 2.25. The van der Waals surface area contributed by atoms with Crippen molar-refractivity contribution in [2.45, 2.75) is 38.5 Å². The molecule has 2 aromatic rings. The minimum absolute atomic E-state index is 0.338. The molecule has 3 rings (SSSR count). The molecule has 1 aliphatic carbocycles. The van der Waals surface area contributed by atoms with Gasteiger partial charge in [-0.2, -0.15) is 0 Å². The molecule has 1 saturated carbocycles. The average Bonchev–Trinajstić information content (AvgIpc) is 2.53. The molecule has 1 fully saturated rings. The Morgan fingerprint density at radius 2 is 1.95 bits per heavy atom. The lowest BCUT2D eigenvalue weighted by atomic mass is 9.80. The molecule has 4 heteroatoms. The molecule has 1 aromatic heterocycles. The minimum atomic E-state index is -0.397. The fourth-order valence-corrected chi connectivity index (χ4v) is 3.34. The summed E-state index contributed by atoms with van der Waals surface area (Å²) in [5.74, 6) is 1.46. The topological polar surface area (TPSA) is 65.2 Å². The maximum Gasteiger partial charge on any atom is 0.250 e. The fourth-order valence-electron chi connectivity index (χ4n) is 3.34. The second-order valence-electron chi connectivity index (χ2n) is 6.30. The van der Waals surface area contributed by atoms with E-state index in [2.05, 4.69) is 6.92 Å². The van der Waals surface area contributed by atoms with Gasteiger partial charge in [-0.25, -0.2) is 0 Å². The van der Waals surface area contributed by atoms with E-state index in [1.165, 1.54) is 12.8 Å². The Labute approximate surface area is 130 Å². The summed E-state index contributed by atoms with van der Waals surface area (Å²) in [5, 5.41) is 0.890. The summed E-state index contributed by atoms with van der Waals surface area (Å²) >= 11 is 0. The summed E-state index contributed by atoms with van der Waals surface area (Å²) < 4.78 is 5.24. The summed E-state index contributed by atoms with van der Waals surface area (Å²) in [5.41, 5.74) is 7.92. The van der Waals surface area contributed by atoms with Gasteiger partial charge in [0, 0.05) is 11.3 Å². The normalized spacial score (nSPS) is 21.7. The molecule has 0 spiro atoms. The highest BCUT2D eigenvalue weighted by atomic mass is 16.5. The first-order chi connectivity index (χ1) is 10.6. The second kappa shape index (κ2) is 5.95. The number of carbonyl (C=O) groups is 1. The van der Waals surface area contributed by atoms with E-state index in [0.29, 0.717) is 11.5 Å². The lowest BCUT2D eigenvalue weighted by Gasteiger charge is -2.27. The Hall–Kier alpha value is -2.10. The van der Waals surface area contributed by atoms with Crippen molar-refractivity contribution >= 4 is 16.8 Å². The number of ether oxygens (including phenoxy) is 1. The van der Waals surface area contributed by atoms with Gasteiger partial charge in [-0.05, 0) is 43.0 Å². The van der Waals surface area contributed by atoms with Crippen molar-refractivity contribution in [2.75, 3.05) is 7.11 Å². The van der Waals surface area contributed by atoms with E-state index in [4.69, 9.17) is 15.5 Å². The van der Waals surface area contributed by atoms with Gasteiger partial charge in [0.15, 0.2) is 0 Å². The Bertz CT molecular complexity index is 704. The van der Waals surface area contributed by atoms with E-state index < -0.39 is 5.91 Å². The number of methoxy groups -OCH3 is 1. The molecule has 1 amide bonds. The molecule has 4 nitrogen and oxygen atoms in total. The number of fused-ring (bicyclic) bond motifs is 1. The van der Waals surface area contributed by atoms with Gasteiger partial charge in [-0.3, -0.25) is 9.78 Å². The molecule has 22 heavy (non-hydrogen) atoms. The van der Waals surface area contributed by atoms with Crippen LogP contribution in [0.1, 0.15) is 54.6 Å².